The fourth-order valence-electron chi connectivity index (χ4n) is 9.13. The van der Waals surface area contributed by atoms with Crippen LogP contribution in [0.25, 0.3) is 0 Å². The third kappa shape index (κ3) is 24.7. The van der Waals surface area contributed by atoms with E-state index in [0.29, 0.717) is 18.5 Å². The number of aliphatic imine (C=N–C) groups is 1. The van der Waals surface area contributed by atoms with Gasteiger partial charge in [0, 0.05) is 37.9 Å². The maximum absolute atomic E-state index is 14.2. The highest BCUT2D eigenvalue weighted by molar-refractivity contribution is 5.98. The number of imidazole rings is 1. The van der Waals surface area contributed by atoms with Crippen molar-refractivity contribution in [1.82, 2.24) is 57.4 Å². The summed E-state index contributed by atoms with van der Waals surface area (Å²) < 4.78 is 0. The quantitative estimate of drug-likeness (QED) is 0.0176. The van der Waals surface area contributed by atoms with Crippen molar-refractivity contribution in [1.29, 1.82) is 0 Å². The van der Waals surface area contributed by atoms with E-state index >= 15 is 0 Å². The van der Waals surface area contributed by atoms with Crippen LogP contribution in [-0.2, 0) is 60.8 Å². The number of hydrogen-bond donors (Lipinski definition) is 16. The zero-order valence-electron chi connectivity index (χ0n) is 48.1. The molecular weight excluding hydrogens is 1080 g/mol. The number of aliphatic hydroxyl groups is 2. The summed E-state index contributed by atoms with van der Waals surface area (Å²) >= 11 is 0. The van der Waals surface area contributed by atoms with Gasteiger partial charge in [0.1, 0.15) is 42.3 Å². The van der Waals surface area contributed by atoms with E-state index in [4.69, 9.17) is 22.9 Å². The number of rotatable bonds is 36. The van der Waals surface area contributed by atoms with Gasteiger partial charge in [-0.2, -0.15) is 0 Å². The van der Waals surface area contributed by atoms with E-state index in [1.165, 1.54) is 19.4 Å². The maximum atomic E-state index is 14.2. The molecule has 11 atom stereocenters. The van der Waals surface area contributed by atoms with Crippen molar-refractivity contribution >= 4 is 65.1 Å². The minimum atomic E-state index is -1.83. The highest BCUT2D eigenvalue weighted by Gasteiger charge is 2.37. The number of carboxylic acid groups (broad SMARTS) is 1. The van der Waals surface area contributed by atoms with Gasteiger partial charge in [-0.05, 0) is 70.3 Å². The van der Waals surface area contributed by atoms with Crippen LogP contribution in [-0.4, -0.2) is 189 Å². The number of carbonyl (C=O) groups excluding carboxylic acids is 9. The number of carboxylic acids is 1. The molecule has 29 nitrogen and oxygen atoms in total. The first kappa shape index (κ1) is 69.5. The summed E-state index contributed by atoms with van der Waals surface area (Å²) in [6.07, 6.45) is 5.40. The van der Waals surface area contributed by atoms with E-state index in [-0.39, 0.29) is 63.6 Å². The Hall–Kier alpha value is -7.76. The van der Waals surface area contributed by atoms with Gasteiger partial charge in [-0.15, -0.1) is 0 Å². The Balaban J connectivity index is 1.73. The van der Waals surface area contributed by atoms with Gasteiger partial charge in [-0.1, -0.05) is 82.7 Å². The second kappa shape index (κ2) is 36.0. The normalized spacial score (nSPS) is 16.4. The summed E-state index contributed by atoms with van der Waals surface area (Å²) in [7, 11) is 0. The van der Waals surface area contributed by atoms with Gasteiger partial charge in [0.05, 0.1) is 37.7 Å². The molecule has 0 saturated heterocycles. The van der Waals surface area contributed by atoms with Gasteiger partial charge in [0.15, 0.2) is 5.96 Å². The number of nitrogens with one attached hydrogen (secondary N) is 9. The van der Waals surface area contributed by atoms with Gasteiger partial charge in [-0.3, -0.25) is 48.1 Å². The van der Waals surface area contributed by atoms with E-state index in [1.807, 2.05) is 12.1 Å². The molecule has 1 heterocycles. The molecule has 0 aliphatic heterocycles. The van der Waals surface area contributed by atoms with Crippen molar-refractivity contribution in [3.05, 3.63) is 54.1 Å². The standard InChI is InChI=1S/C54H88N16O13/c1-6-30(2)43(51(80)66-40(53(82)83)24-35-16-11-8-12-17-35)67-41(73)28-70(23-21-55)42(74)27-61-50(79)44(32(4)71)69-52(81)45(33(5)72)68-49(78)39(25-36-26-59-29-62-36)65-48(77)38(20-19-34-14-9-7-10-15-34)64-46(75)31(3)63-47(76)37(56)18-13-22-60-54(57)58/h7,9-10,14-15,26,29-33,35,37-40,43-45,71-72H,6,8,11-13,16-25,27-28,55-56H2,1-5H3,(H,59,62)(H,61,79)(H,63,76)(H,64,75)(H,65,77)(H,66,80)(H,67,73)(H,68,78)(H,69,81)(H,82,83)(H4,57,58,60)/t30?,31-,32+,33+,37-,38-,39-,40-,43-,44-,45-/m0/s1. The fraction of sp³-hybridized carbons (Fsp3) is 0.630. The molecule has 1 aliphatic rings. The number of nitrogens with zero attached hydrogens (tertiary/aromatic N) is 3. The molecule has 1 aromatic heterocycles. The molecular formula is C54H88N16O13. The molecule has 2 aromatic rings. The number of aliphatic carboxylic acids is 1. The van der Waals surface area contributed by atoms with E-state index in [1.54, 1.807) is 32.0 Å². The van der Waals surface area contributed by atoms with Gasteiger partial charge < -0.3 is 90.7 Å². The molecule has 462 valence electrons. The summed E-state index contributed by atoms with van der Waals surface area (Å²) in [4.78, 5) is 147. The SMILES string of the molecule is CCC(C)[C@H](NC(=O)CN(CCN)C(=O)CNC(=O)[C@@H](NC(=O)[C@@H](NC(=O)[C@H](Cc1cnc[nH]1)NC(=O)[C@H](CCc1ccccc1)NC(=O)[C@H](C)NC(=O)[C@@H](N)CCCN=C(N)N)[C@@H](C)O)[C@@H](C)O)C(=O)N[C@@H](CC1CCCCC1)C(=O)O. The number of H-pyrrole nitrogens is 1. The van der Waals surface area contributed by atoms with Gasteiger partial charge in [0.2, 0.25) is 53.2 Å². The Morgan fingerprint density at radius 2 is 1.34 bits per heavy atom. The van der Waals surface area contributed by atoms with Gasteiger partial charge in [0.25, 0.3) is 0 Å². The lowest BCUT2D eigenvalue weighted by atomic mass is 9.84. The number of amides is 9. The molecule has 3 rings (SSSR count). The van der Waals surface area contributed by atoms with Crippen molar-refractivity contribution in [2.24, 2.45) is 39.8 Å². The van der Waals surface area contributed by atoms with Crippen LogP contribution in [0.5, 0.6) is 0 Å². The largest absolute Gasteiger partial charge is 0.480 e. The van der Waals surface area contributed by atoms with E-state index in [2.05, 4.69) is 57.5 Å². The predicted molar refractivity (Wildman–Crippen MR) is 304 cm³/mol. The number of carbonyl (C=O) groups is 10. The fourth-order valence-corrected chi connectivity index (χ4v) is 9.13. The third-order valence-electron chi connectivity index (χ3n) is 14.2. The van der Waals surface area contributed by atoms with Crippen molar-refractivity contribution < 1.29 is 63.3 Å². The molecule has 0 radical (unpaired) electrons. The lowest BCUT2D eigenvalue weighted by molar-refractivity contribution is -0.143. The predicted octanol–water partition coefficient (Wildman–Crippen LogP) is -3.85. The third-order valence-corrected chi connectivity index (χ3v) is 14.2. The number of guanidine groups is 1. The molecule has 1 unspecified atom stereocenters. The molecule has 20 N–H and O–H groups in total. The molecule has 1 fully saturated rings. The summed E-state index contributed by atoms with van der Waals surface area (Å²) in [5.41, 5.74) is 23.7. The van der Waals surface area contributed by atoms with Gasteiger partial charge >= 0.3 is 5.97 Å². The van der Waals surface area contributed by atoms with Crippen molar-refractivity contribution in [2.45, 2.75) is 172 Å². The van der Waals surface area contributed by atoms with Crippen molar-refractivity contribution in [2.75, 3.05) is 32.7 Å². The van der Waals surface area contributed by atoms with Crippen LogP contribution in [0.15, 0.2) is 47.8 Å². The number of aliphatic hydroxyl groups excluding tert-OH is 2. The summed E-state index contributed by atoms with van der Waals surface area (Å²) in [6, 6.07) is -1.98. The average Bonchev–Trinajstić information content (AvgIpc) is 3.97. The molecule has 1 aromatic carbocycles. The molecule has 29 heteroatoms. The number of aromatic amines is 1. The zero-order valence-corrected chi connectivity index (χ0v) is 48.1. The Morgan fingerprint density at radius 1 is 0.735 bits per heavy atom. The van der Waals surface area contributed by atoms with Crippen molar-refractivity contribution in [3.8, 4) is 0 Å². The van der Waals surface area contributed by atoms with E-state index < -0.39 is 139 Å². The number of nitrogens with two attached hydrogens (primary N) is 4. The molecule has 0 bridgehead atoms. The molecule has 1 saturated carbocycles. The lowest BCUT2D eigenvalue weighted by Gasteiger charge is -2.29. The summed E-state index contributed by atoms with van der Waals surface area (Å²) in [5.74, 6) is -9.45. The maximum Gasteiger partial charge on any atom is 0.326 e. The molecule has 83 heavy (non-hydrogen) atoms. The molecule has 9 amide bonds. The number of hydrogen-bond acceptors (Lipinski definition) is 16. The second-order valence-corrected chi connectivity index (χ2v) is 21.1. The Kier molecular flexibility index (Phi) is 30.1. The first-order valence-corrected chi connectivity index (χ1v) is 28.1. The van der Waals surface area contributed by atoms with Crippen LogP contribution >= 0.6 is 0 Å². The minimum absolute atomic E-state index is 0.00942. The van der Waals surface area contributed by atoms with Gasteiger partial charge in [-0.25, -0.2) is 9.78 Å². The minimum Gasteiger partial charge on any atom is -0.480 e. The molecule has 1 aliphatic carbocycles. The van der Waals surface area contributed by atoms with Crippen LogP contribution in [0.1, 0.15) is 110 Å². The number of aromatic nitrogens is 2. The van der Waals surface area contributed by atoms with Crippen LogP contribution in [0, 0.1) is 11.8 Å². The monoisotopic (exact) mass is 1170 g/mol. The average molecular weight is 1170 g/mol. The summed E-state index contributed by atoms with van der Waals surface area (Å²) in [6.45, 7) is 5.73. The first-order valence-electron chi connectivity index (χ1n) is 28.1. The zero-order chi connectivity index (χ0) is 61.8. The number of benzene rings is 1. The Bertz CT molecular complexity index is 2460. The van der Waals surface area contributed by atoms with E-state index in [9.17, 15) is 63.3 Å². The topological polar surface area (TPSA) is 476 Å². The second-order valence-electron chi connectivity index (χ2n) is 21.1. The smallest absolute Gasteiger partial charge is 0.326 e. The number of aryl methyl sites for hydroxylation is 1. The van der Waals surface area contributed by atoms with Crippen LogP contribution in [0.3, 0.4) is 0 Å². The van der Waals surface area contributed by atoms with Crippen molar-refractivity contribution in [3.63, 3.8) is 0 Å². The molecule has 0 spiro atoms. The van der Waals surface area contributed by atoms with Crippen LogP contribution < -0.4 is 65.5 Å². The van der Waals surface area contributed by atoms with Crippen LogP contribution in [0.4, 0.5) is 0 Å². The highest BCUT2D eigenvalue weighted by Crippen LogP contribution is 2.27. The highest BCUT2D eigenvalue weighted by atomic mass is 16.4. The Morgan fingerprint density at radius 3 is 1.93 bits per heavy atom. The summed E-state index contributed by atoms with van der Waals surface area (Å²) in [5, 5.41) is 51.5. The first-order chi connectivity index (χ1) is 39.3. The van der Waals surface area contributed by atoms with Crippen LogP contribution in [0.2, 0.25) is 0 Å². The van der Waals surface area contributed by atoms with E-state index in [0.717, 1.165) is 56.4 Å². The lowest BCUT2D eigenvalue weighted by Crippen LogP contribution is -2.62. The Labute approximate surface area is 483 Å².